The van der Waals surface area contributed by atoms with Crippen LogP contribution in [0.25, 0.3) is 34.4 Å². The lowest BCUT2D eigenvalue weighted by Crippen LogP contribution is -1.94. The van der Waals surface area contributed by atoms with Crippen LogP contribution in [0, 0.1) is 0 Å². The number of aromatic carboxylic acids is 1. The number of para-hydroxylation sites is 1. The second-order valence-electron chi connectivity index (χ2n) is 6.00. The van der Waals surface area contributed by atoms with Crippen LogP contribution in [-0.4, -0.2) is 11.1 Å². The van der Waals surface area contributed by atoms with Crippen molar-refractivity contribution < 1.29 is 14.3 Å². The quantitative estimate of drug-likeness (QED) is 0.466. The molecule has 0 fully saturated rings. The fourth-order valence-corrected chi connectivity index (χ4v) is 2.90. The monoisotopic (exact) mass is 340 g/mol. The van der Waals surface area contributed by atoms with Crippen LogP contribution in [0.5, 0.6) is 0 Å². The molecule has 26 heavy (non-hydrogen) atoms. The van der Waals surface area contributed by atoms with E-state index in [0.717, 1.165) is 33.4 Å². The summed E-state index contributed by atoms with van der Waals surface area (Å²) in [5.41, 5.74) is 4.14. The summed E-state index contributed by atoms with van der Waals surface area (Å²) in [5, 5.41) is 10.1. The summed E-state index contributed by atoms with van der Waals surface area (Å²) >= 11 is 0. The number of hydrogen-bond acceptors (Lipinski definition) is 2. The minimum atomic E-state index is -0.921. The summed E-state index contributed by atoms with van der Waals surface area (Å²) in [6.45, 7) is 0. The topological polar surface area (TPSA) is 50.4 Å². The third-order valence-electron chi connectivity index (χ3n) is 4.26. The van der Waals surface area contributed by atoms with E-state index in [1.807, 2.05) is 66.7 Å². The Morgan fingerprint density at radius 1 is 0.846 bits per heavy atom. The molecule has 0 aliphatic carbocycles. The van der Waals surface area contributed by atoms with Gasteiger partial charge >= 0.3 is 5.97 Å². The fraction of sp³-hybridized carbons (Fsp3) is 0. The molecular formula is C23H16O3. The molecule has 1 aromatic heterocycles. The van der Waals surface area contributed by atoms with E-state index < -0.39 is 5.97 Å². The van der Waals surface area contributed by atoms with E-state index in [9.17, 15) is 4.79 Å². The van der Waals surface area contributed by atoms with Crippen LogP contribution < -0.4 is 0 Å². The molecule has 0 radical (unpaired) electrons. The van der Waals surface area contributed by atoms with Gasteiger partial charge in [-0.05, 0) is 35.4 Å². The van der Waals surface area contributed by atoms with E-state index in [4.69, 9.17) is 9.52 Å². The highest BCUT2D eigenvalue weighted by molar-refractivity contribution is 5.89. The molecule has 3 aromatic carbocycles. The van der Waals surface area contributed by atoms with Gasteiger partial charge < -0.3 is 9.52 Å². The van der Waals surface area contributed by atoms with E-state index in [1.165, 1.54) is 0 Å². The molecule has 3 nitrogen and oxygen atoms in total. The zero-order valence-electron chi connectivity index (χ0n) is 13.9. The predicted octanol–water partition coefficient (Wildman–Crippen LogP) is 5.97. The first-order chi connectivity index (χ1) is 12.7. The fourth-order valence-electron chi connectivity index (χ4n) is 2.90. The summed E-state index contributed by atoms with van der Waals surface area (Å²) in [7, 11) is 0. The number of fused-ring (bicyclic) bond motifs is 1. The summed E-state index contributed by atoms with van der Waals surface area (Å²) < 4.78 is 5.99. The first-order valence-corrected chi connectivity index (χ1v) is 8.30. The maximum Gasteiger partial charge on any atom is 0.335 e. The summed E-state index contributed by atoms with van der Waals surface area (Å²) in [6.07, 6.45) is 3.98. The Balaban J connectivity index is 1.68. The molecule has 0 bridgehead atoms. The molecule has 0 amide bonds. The average Bonchev–Trinajstić information content (AvgIpc) is 3.11. The molecule has 126 valence electrons. The zero-order chi connectivity index (χ0) is 17.9. The Labute approximate surface area is 150 Å². The van der Waals surface area contributed by atoms with Gasteiger partial charge in [-0.3, -0.25) is 0 Å². The van der Waals surface area contributed by atoms with Crippen LogP contribution >= 0.6 is 0 Å². The van der Waals surface area contributed by atoms with Crippen LogP contribution in [0.3, 0.4) is 0 Å². The van der Waals surface area contributed by atoms with Crippen molar-refractivity contribution in [2.45, 2.75) is 0 Å². The number of carbonyl (C=O) groups is 1. The van der Waals surface area contributed by atoms with Crippen LogP contribution in [0.4, 0.5) is 0 Å². The van der Waals surface area contributed by atoms with Crippen molar-refractivity contribution in [3.63, 3.8) is 0 Å². The molecule has 0 spiro atoms. The number of furan rings is 1. The largest absolute Gasteiger partial charge is 0.478 e. The smallest absolute Gasteiger partial charge is 0.335 e. The van der Waals surface area contributed by atoms with E-state index in [-0.39, 0.29) is 5.56 Å². The molecule has 4 aromatic rings. The van der Waals surface area contributed by atoms with Crippen LogP contribution in [-0.2, 0) is 0 Å². The Bertz CT molecular complexity index is 1070. The molecule has 1 heterocycles. The highest BCUT2D eigenvalue weighted by atomic mass is 16.4. The van der Waals surface area contributed by atoms with Crippen LogP contribution in [0.15, 0.2) is 83.3 Å². The Morgan fingerprint density at radius 3 is 2.35 bits per heavy atom. The van der Waals surface area contributed by atoms with Crippen molar-refractivity contribution in [2.75, 3.05) is 0 Å². The van der Waals surface area contributed by atoms with Crippen molar-refractivity contribution in [1.29, 1.82) is 0 Å². The highest BCUT2D eigenvalue weighted by Gasteiger charge is 2.08. The van der Waals surface area contributed by atoms with E-state index in [0.29, 0.717) is 0 Å². The van der Waals surface area contributed by atoms with Crippen molar-refractivity contribution in [3.8, 4) is 11.3 Å². The zero-order valence-corrected chi connectivity index (χ0v) is 13.9. The lowest BCUT2D eigenvalue weighted by molar-refractivity contribution is 0.0697. The third-order valence-corrected chi connectivity index (χ3v) is 4.26. The average molecular weight is 340 g/mol. The first-order valence-electron chi connectivity index (χ1n) is 8.30. The van der Waals surface area contributed by atoms with Crippen molar-refractivity contribution in [2.24, 2.45) is 0 Å². The second-order valence-corrected chi connectivity index (χ2v) is 6.00. The van der Waals surface area contributed by atoms with Gasteiger partial charge in [0.05, 0.1) is 5.56 Å². The maximum absolute atomic E-state index is 10.9. The van der Waals surface area contributed by atoms with E-state index >= 15 is 0 Å². The molecule has 3 heteroatoms. The molecule has 4 rings (SSSR count). The van der Waals surface area contributed by atoms with E-state index in [2.05, 4.69) is 0 Å². The molecule has 0 aliphatic rings. The SMILES string of the molecule is O=C(O)c1ccc(/C=C/c2ccccc2-c2cc3ccccc3o2)cc1. The van der Waals surface area contributed by atoms with E-state index in [1.54, 1.807) is 24.3 Å². The summed E-state index contributed by atoms with van der Waals surface area (Å²) in [6, 6.07) is 24.8. The third kappa shape index (κ3) is 3.15. The van der Waals surface area contributed by atoms with Crippen LogP contribution in [0.1, 0.15) is 21.5 Å². The van der Waals surface area contributed by atoms with Gasteiger partial charge in [-0.1, -0.05) is 66.7 Å². The standard InChI is InChI=1S/C23H16O3/c24-23(25)18-13-10-16(11-14-18)9-12-17-5-1-3-7-20(17)22-15-19-6-2-4-8-21(19)26-22/h1-15H,(H,24,25)/b12-9+. The van der Waals surface area contributed by atoms with Gasteiger partial charge in [-0.2, -0.15) is 0 Å². The molecular weight excluding hydrogens is 324 g/mol. The minimum absolute atomic E-state index is 0.282. The summed E-state index contributed by atoms with van der Waals surface area (Å²) in [4.78, 5) is 10.9. The van der Waals surface area contributed by atoms with Crippen molar-refractivity contribution >= 4 is 29.1 Å². The number of carboxylic acid groups (broad SMARTS) is 1. The molecule has 0 aliphatic heterocycles. The number of rotatable bonds is 4. The Kier molecular flexibility index (Phi) is 4.12. The minimum Gasteiger partial charge on any atom is -0.478 e. The lowest BCUT2D eigenvalue weighted by Gasteiger charge is -2.03. The van der Waals surface area contributed by atoms with Crippen LogP contribution in [0.2, 0.25) is 0 Å². The van der Waals surface area contributed by atoms with Gasteiger partial charge in [0.1, 0.15) is 11.3 Å². The number of carboxylic acids is 1. The predicted molar refractivity (Wildman–Crippen MR) is 104 cm³/mol. The maximum atomic E-state index is 10.9. The van der Waals surface area contributed by atoms with Gasteiger partial charge in [0, 0.05) is 10.9 Å². The molecule has 0 unspecified atom stereocenters. The van der Waals surface area contributed by atoms with Gasteiger partial charge in [0.25, 0.3) is 0 Å². The molecule has 0 saturated heterocycles. The molecule has 0 atom stereocenters. The van der Waals surface area contributed by atoms with Crippen molar-refractivity contribution in [3.05, 3.63) is 95.6 Å². The highest BCUT2D eigenvalue weighted by Crippen LogP contribution is 2.30. The Hall–Kier alpha value is -3.59. The number of benzene rings is 3. The first kappa shape index (κ1) is 15.9. The molecule has 1 N–H and O–H groups in total. The summed E-state index contributed by atoms with van der Waals surface area (Å²) in [5.74, 6) is -0.0940. The lowest BCUT2D eigenvalue weighted by atomic mass is 10.0. The second kappa shape index (κ2) is 6.73. The van der Waals surface area contributed by atoms with Gasteiger partial charge in [0.15, 0.2) is 0 Å². The van der Waals surface area contributed by atoms with Gasteiger partial charge in [-0.15, -0.1) is 0 Å². The van der Waals surface area contributed by atoms with Gasteiger partial charge in [-0.25, -0.2) is 4.79 Å². The van der Waals surface area contributed by atoms with Crippen molar-refractivity contribution in [1.82, 2.24) is 0 Å². The normalized spacial score (nSPS) is 11.2. The molecule has 0 saturated carbocycles. The Morgan fingerprint density at radius 2 is 1.58 bits per heavy atom. The number of hydrogen-bond donors (Lipinski definition) is 1. The van der Waals surface area contributed by atoms with Gasteiger partial charge in [0.2, 0.25) is 0 Å².